The van der Waals surface area contributed by atoms with Gasteiger partial charge in [-0.3, -0.25) is 4.79 Å². The number of amides is 1. The molecule has 0 aromatic heterocycles. The summed E-state index contributed by atoms with van der Waals surface area (Å²) in [5.41, 5.74) is 0.344. The number of carbonyl (C=O) groups excluding carboxylic acids is 1. The van der Waals surface area contributed by atoms with Crippen LogP contribution in [0.3, 0.4) is 0 Å². The van der Waals surface area contributed by atoms with Gasteiger partial charge in [0.15, 0.2) is 21.3 Å². The van der Waals surface area contributed by atoms with Crippen molar-refractivity contribution in [3.63, 3.8) is 0 Å². The van der Waals surface area contributed by atoms with Gasteiger partial charge in [0.05, 0.1) is 30.2 Å². The lowest BCUT2D eigenvalue weighted by Crippen LogP contribution is -2.37. The van der Waals surface area contributed by atoms with Crippen LogP contribution in [-0.2, 0) is 9.84 Å². The van der Waals surface area contributed by atoms with Crippen LogP contribution in [0.5, 0.6) is 11.5 Å². The molecule has 1 aromatic rings. The second kappa shape index (κ2) is 8.27. The van der Waals surface area contributed by atoms with Crippen LogP contribution in [0.4, 0.5) is 0 Å². The number of hydrogen-bond acceptors (Lipinski definition) is 5. The highest BCUT2D eigenvalue weighted by Crippen LogP contribution is 2.37. The Morgan fingerprint density at radius 2 is 2.12 bits per heavy atom. The molecule has 0 N–H and O–H groups in total. The van der Waals surface area contributed by atoms with Gasteiger partial charge in [0.25, 0.3) is 5.91 Å². The summed E-state index contributed by atoms with van der Waals surface area (Å²) in [4.78, 5) is 14.2. The van der Waals surface area contributed by atoms with Gasteiger partial charge in [-0.2, -0.15) is 0 Å². The minimum atomic E-state index is -3.06. The summed E-state index contributed by atoms with van der Waals surface area (Å²) in [5.74, 6) is 0.629. The lowest BCUT2D eigenvalue weighted by atomic mass is 10.1. The minimum absolute atomic E-state index is 0.00167. The molecular formula is C17H24ClNO5S. The molecule has 0 aliphatic carbocycles. The first kappa shape index (κ1) is 19.8. The van der Waals surface area contributed by atoms with Crippen molar-refractivity contribution in [2.45, 2.75) is 32.2 Å². The fourth-order valence-electron chi connectivity index (χ4n) is 2.75. The van der Waals surface area contributed by atoms with Crippen molar-refractivity contribution >= 4 is 27.3 Å². The third-order valence-corrected chi connectivity index (χ3v) is 6.33. The summed E-state index contributed by atoms with van der Waals surface area (Å²) in [5, 5.41) is 0.297. The standard InChI is InChI=1S/C17H24ClNO5S/c1-4-5-7-24-16-14(18)9-12(10-15(16)23-3)17(20)19(2)13-6-8-25(21,22)11-13/h9-10,13H,4-8,11H2,1-3H3. The van der Waals surface area contributed by atoms with Gasteiger partial charge in [0.2, 0.25) is 0 Å². The van der Waals surface area contributed by atoms with Crippen LogP contribution in [0.1, 0.15) is 36.5 Å². The molecule has 25 heavy (non-hydrogen) atoms. The van der Waals surface area contributed by atoms with E-state index < -0.39 is 9.84 Å². The number of rotatable bonds is 7. The van der Waals surface area contributed by atoms with Crippen LogP contribution < -0.4 is 9.47 Å². The molecule has 1 amide bonds. The SMILES string of the molecule is CCCCOc1c(Cl)cc(C(=O)N(C)C2CCS(=O)(=O)C2)cc1OC. The number of ether oxygens (including phenoxy) is 2. The van der Waals surface area contributed by atoms with Crippen LogP contribution in [-0.4, -0.2) is 57.5 Å². The summed E-state index contributed by atoms with van der Waals surface area (Å²) >= 11 is 6.27. The van der Waals surface area contributed by atoms with E-state index in [-0.39, 0.29) is 23.5 Å². The fraction of sp³-hybridized carbons (Fsp3) is 0.588. The number of carbonyl (C=O) groups is 1. The molecule has 140 valence electrons. The Hall–Kier alpha value is -1.47. The molecule has 1 aliphatic heterocycles. The zero-order valence-corrected chi connectivity index (χ0v) is 16.3. The van der Waals surface area contributed by atoms with Crippen molar-refractivity contribution in [1.29, 1.82) is 0 Å². The average Bonchev–Trinajstić information content (AvgIpc) is 2.94. The zero-order chi connectivity index (χ0) is 18.6. The van der Waals surface area contributed by atoms with Crippen molar-refractivity contribution in [3.8, 4) is 11.5 Å². The quantitative estimate of drug-likeness (QED) is 0.670. The Bertz CT molecular complexity index is 735. The molecular weight excluding hydrogens is 366 g/mol. The summed E-state index contributed by atoms with van der Waals surface area (Å²) in [7, 11) is 0.0356. The Labute approximate surface area is 154 Å². The highest BCUT2D eigenvalue weighted by Gasteiger charge is 2.33. The fourth-order valence-corrected chi connectivity index (χ4v) is 4.79. The molecule has 1 unspecified atom stereocenters. The van der Waals surface area contributed by atoms with Gasteiger partial charge >= 0.3 is 0 Å². The summed E-state index contributed by atoms with van der Waals surface area (Å²) in [6, 6.07) is 2.80. The molecule has 1 aromatic carbocycles. The number of unbranched alkanes of at least 4 members (excludes halogenated alkanes) is 1. The topological polar surface area (TPSA) is 72.9 Å². The van der Waals surface area contributed by atoms with Gasteiger partial charge in [-0.15, -0.1) is 0 Å². The summed E-state index contributed by atoms with van der Waals surface area (Å²) < 4.78 is 34.2. The molecule has 1 heterocycles. The second-order valence-electron chi connectivity index (χ2n) is 6.16. The van der Waals surface area contributed by atoms with E-state index in [0.29, 0.717) is 35.1 Å². The molecule has 6 nitrogen and oxygen atoms in total. The van der Waals surface area contributed by atoms with Crippen molar-refractivity contribution in [3.05, 3.63) is 22.7 Å². The van der Waals surface area contributed by atoms with Crippen LogP contribution in [0.2, 0.25) is 5.02 Å². The van der Waals surface area contributed by atoms with E-state index in [2.05, 4.69) is 6.92 Å². The smallest absolute Gasteiger partial charge is 0.254 e. The highest BCUT2D eigenvalue weighted by molar-refractivity contribution is 7.91. The van der Waals surface area contributed by atoms with Crippen molar-refractivity contribution in [1.82, 2.24) is 4.90 Å². The molecule has 1 fully saturated rings. The zero-order valence-electron chi connectivity index (χ0n) is 14.7. The number of methoxy groups -OCH3 is 1. The number of sulfone groups is 1. The van der Waals surface area contributed by atoms with Crippen LogP contribution in [0, 0.1) is 0 Å². The minimum Gasteiger partial charge on any atom is -0.493 e. The third kappa shape index (κ3) is 4.79. The van der Waals surface area contributed by atoms with Gasteiger partial charge in [0.1, 0.15) is 0 Å². The third-order valence-electron chi connectivity index (χ3n) is 4.30. The average molecular weight is 390 g/mol. The van der Waals surface area contributed by atoms with Crippen molar-refractivity contribution in [2.24, 2.45) is 0 Å². The van der Waals surface area contributed by atoms with E-state index >= 15 is 0 Å². The van der Waals surface area contributed by atoms with Gasteiger partial charge in [-0.05, 0) is 25.0 Å². The largest absolute Gasteiger partial charge is 0.493 e. The Kier molecular flexibility index (Phi) is 6.57. The molecule has 0 spiro atoms. The first-order valence-corrected chi connectivity index (χ1v) is 10.5. The lowest BCUT2D eigenvalue weighted by Gasteiger charge is -2.24. The summed E-state index contributed by atoms with van der Waals surface area (Å²) in [6.07, 6.45) is 2.33. The highest BCUT2D eigenvalue weighted by atomic mass is 35.5. The molecule has 0 radical (unpaired) electrons. The number of hydrogen-bond donors (Lipinski definition) is 0. The number of halogens is 1. The molecule has 1 atom stereocenters. The first-order chi connectivity index (χ1) is 11.8. The van der Waals surface area contributed by atoms with Crippen molar-refractivity contribution in [2.75, 3.05) is 32.3 Å². The van der Waals surface area contributed by atoms with E-state index in [4.69, 9.17) is 21.1 Å². The molecule has 2 rings (SSSR count). The van der Waals surface area contributed by atoms with E-state index in [1.807, 2.05) is 0 Å². The second-order valence-corrected chi connectivity index (χ2v) is 8.80. The Morgan fingerprint density at radius 1 is 1.40 bits per heavy atom. The van der Waals surface area contributed by atoms with Gasteiger partial charge in [0, 0.05) is 18.7 Å². The van der Waals surface area contributed by atoms with E-state index in [9.17, 15) is 13.2 Å². The van der Waals surface area contributed by atoms with Crippen LogP contribution in [0.15, 0.2) is 12.1 Å². The Morgan fingerprint density at radius 3 is 2.68 bits per heavy atom. The van der Waals surface area contributed by atoms with Gasteiger partial charge in [-0.1, -0.05) is 24.9 Å². The summed E-state index contributed by atoms with van der Waals surface area (Å²) in [6.45, 7) is 2.57. The molecule has 0 bridgehead atoms. The Balaban J connectivity index is 2.21. The number of nitrogens with zero attached hydrogens (tertiary/aromatic N) is 1. The predicted molar refractivity (Wildman–Crippen MR) is 97.6 cm³/mol. The number of benzene rings is 1. The van der Waals surface area contributed by atoms with Gasteiger partial charge in [-0.25, -0.2) is 8.42 Å². The van der Waals surface area contributed by atoms with Crippen molar-refractivity contribution < 1.29 is 22.7 Å². The maximum absolute atomic E-state index is 12.7. The van der Waals surface area contributed by atoms with E-state index in [1.54, 1.807) is 13.1 Å². The lowest BCUT2D eigenvalue weighted by molar-refractivity contribution is 0.0747. The van der Waals surface area contributed by atoms with E-state index in [0.717, 1.165) is 12.8 Å². The normalized spacial score (nSPS) is 18.8. The molecule has 8 heteroatoms. The van der Waals surface area contributed by atoms with Crippen LogP contribution in [0.25, 0.3) is 0 Å². The maximum atomic E-state index is 12.7. The first-order valence-electron chi connectivity index (χ1n) is 8.27. The predicted octanol–water partition coefficient (Wildman–Crippen LogP) is 2.79. The van der Waals surface area contributed by atoms with Crippen LogP contribution >= 0.6 is 11.6 Å². The molecule has 0 saturated carbocycles. The monoisotopic (exact) mass is 389 g/mol. The van der Waals surface area contributed by atoms with E-state index in [1.165, 1.54) is 18.1 Å². The molecule has 1 aliphatic rings. The maximum Gasteiger partial charge on any atom is 0.254 e. The van der Waals surface area contributed by atoms with Gasteiger partial charge < -0.3 is 14.4 Å². The molecule has 1 saturated heterocycles.